The van der Waals surface area contributed by atoms with Crippen molar-refractivity contribution >= 4 is 17.7 Å². The zero-order chi connectivity index (χ0) is 14.8. The van der Waals surface area contributed by atoms with Crippen molar-refractivity contribution in [3.63, 3.8) is 0 Å². The van der Waals surface area contributed by atoms with Crippen molar-refractivity contribution in [1.82, 2.24) is 9.47 Å². The fourth-order valence-corrected chi connectivity index (χ4v) is 3.90. The molecule has 0 bridgehead atoms. The van der Waals surface area contributed by atoms with E-state index >= 15 is 0 Å². The topological polar surface area (TPSA) is 34.5 Å². The highest BCUT2D eigenvalue weighted by molar-refractivity contribution is 7.99. The zero-order valence-corrected chi connectivity index (χ0v) is 13.0. The van der Waals surface area contributed by atoms with E-state index in [0.29, 0.717) is 11.3 Å². The van der Waals surface area contributed by atoms with Crippen molar-refractivity contribution in [2.45, 2.75) is 5.37 Å². The lowest BCUT2D eigenvalue weighted by molar-refractivity contribution is 0.0757. The molecule has 1 fully saturated rings. The highest BCUT2D eigenvalue weighted by atomic mass is 32.2. The number of hydrogen-bond acceptors (Lipinski definition) is 3. The number of thioether (sulfide) groups is 1. The number of methoxy groups -OCH3 is 1. The Labute approximate surface area is 128 Å². The van der Waals surface area contributed by atoms with E-state index in [2.05, 4.69) is 10.6 Å². The number of benzene rings is 1. The van der Waals surface area contributed by atoms with Crippen LogP contribution >= 0.6 is 11.8 Å². The third kappa shape index (κ3) is 2.65. The minimum Gasteiger partial charge on any atom is -0.497 e. The van der Waals surface area contributed by atoms with Crippen LogP contribution in [-0.4, -0.2) is 34.8 Å². The number of rotatable bonds is 3. The largest absolute Gasteiger partial charge is 0.497 e. The van der Waals surface area contributed by atoms with Crippen molar-refractivity contribution in [3.8, 4) is 5.75 Å². The molecule has 0 radical (unpaired) electrons. The number of aromatic nitrogens is 1. The van der Waals surface area contributed by atoms with Crippen LogP contribution in [0.2, 0.25) is 0 Å². The molecule has 110 valence electrons. The highest BCUT2D eigenvalue weighted by Gasteiger charge is 2.32. The van der Waals surface area contributed by atoms with Crippen LogP contribution in [0.15, 0.2) is 42.6 Å². The SMILES string of the molecule is COc1cccc(C(=O)N2CCSC2c2cccn2C)c1. The van der Waals surface area contributed by atoms with E-state index in [9.17, 15) is 4.79 Å². The second kappa shape index (κ2) is 5.85. The Morgan fingerprint density at radius 3 is 2.90 bits per heavy atom. The Bertz CT molecular complexity index is 653. The Morgan fingerprint density at radius 1 is 1.33 bits per heavy atom. The fraction of sp³-hybridized carbons (Fsp3) is 0.312. The summed E-state index contributed by atoms with van der Waals surface area (Å²) in [5, 5.41) is 0.0868. The molecule has 0 N–H and O–H groups in total. The lowest BCUT2D eigenvalue weighted by atomic mass is 10.2. The van der Waals surface area contributed by atoms with Crippen LogP contribution in [0.5, 0.6) is 5.75 Å². The summed E-state index contributed by atoms with van der Waals surface area (Å²) in [4.78, 5) is 14.7. The molecule has 21 heavy (non-hydrogen) atoms. The monoisotopic (exact) mass is 302 g/mol. The summed E-state index contributed by atoms with van der Waals surface area (Å²) in [5.41, 5.74) is 1.84. The predicted molar refractivity (Wildman–Crippen MR) is 84.6 cm³/mol. The van der Waals surface area contributed by atoms with E-state index in [1.807, 2.05) is 54.2 Å². The molecule has 1 aromatic carbocycles. The zero-order valence-electron chi connectivity index (χ0n) is 12.2. The summed E-state index contributed by atoms with van der Waals surface area (Å²) in [5.74, 6) is 1.74. The lowest BCUT2D eigenvalue weighted by Gasteiger charge is -2.24. The van der Waals surface area contributed by atoms with Crippen LogP contribution in [-0.2, 0) is 7.05 Å². The average Bonchev–Trinajstić information content (AvgIpc) is 3.14. The van der Waals surface area contributed by atoms with E-state index < -0.39 is 0 Å². The molecule has 1 aromatic heterocycles. The van der Waals surface area contributed by atoms with Gasteiger partial charge in [-0.05, 0) is 30.3 Å². The van der Waals surface area contributed by atoms with Gasteiger partial charge in [0.05, 0.1) is 12.8 Å². The van der Waals surface area contributed by atoms with E-state index in [1.165, 1.54) is 0 Å². The van der Waals surface area contributed by atoms with Gasteiger partial charge in [-0.25, -0.2) is 0 Å². The van der Waals surface area contributed by atoms with Crippen LogP contribution in [0.4, 0.5) is 0 Å². The number of aryl methyl sites for hydroxylation is 1. The molecular formula is C16H18N2O2S. The summed E-state index contributed by atoms with van der Waals surface area (Å²) in [7, 11) is 3.63. The number of ether oxygens (including phenoxy) is 1. The third-order valence-electron chi connectivity index (χ3n) is 3.71. The van der Waals surface area contributed by atoms with Crippen molar-refractivity contribution in [1.29, 1.82) is 0 Å². The standard InChI is InChI=1S/C16H18N2O2S/c1-17-8-4-7-14(17)16-18(9-10-21-16)15(19)12-5-3-6-13(11-12)20-2/h3-8,11,16H,9-10H2,1-2H3. The quantitative estimate of drug-likeness (QED) is 0.874. The van der Waals surface area contributed by atoms with Crippen LogP contribution in [0.25, 0.3) is 0 Å². The molecule has 1 amide bonds. The minimum atomic E-state index is 0.0603. The molecule has 5 heteroatoms. The predicted octanol–water partition coefficient (Wildman–Crippen LogP) is 2.92. The van der Waals surface area contributed by atoms with Gasteiger partial charge in [-0.15, -0.1) is 11.8 Å². The summed E-state index contributed by atoms with van der Waals surface area (Å²) >= 11 is 1.81. The number of carbonyl (C=O) groups excluding carboxylic acids is 1. The third-order valence-corrected chi connectivity index (χ3v) is 4.94. The van der Waals surface area contributed by atoms with Crippen molar-refractivity contribution in [3.05, 3.63) is 53.9 Å². The smallest absolute Gasteiger partial charge is 0.255 e. The maximum absolute atomic E-state index is 12.8. The van der Waals surface area contributed by atoms with E-state index in [4.69, 9.17) is 4.74 Å². The first-order chi connectivity index (χ1) is 10.2. The maximum atomic E-state index is 12.8. The van der Waals surface area contributed by atoms with Gasteiger partial charge in [-0.3, -0.25) is 4.79 Å². The first-order valence-electron chi connectivity index (χ1n) is 6.88. The number of carbonyl (C=O) groups is 1. The Hall–Kier alpha value is -1.88. The summed E-state index contributed by atoms with van der Waals surface area (Å²) < 4.78 is 7.28. The molecule has 2 aromatic rings. The molecule has 1 aliphatic rings. The van der Waals surface area contributed by atoms with Crippen LogP contribution < -0.4 is 4.74 Å². The van der Waals surface area contributed by atoms with Gasteiger partial charge in [0.2, 0.25) is 0 Å². The van der Waals surface area contributed by atoms with Gasteiger partial charge in [-0.1, -0.05) is 6.07 Å². The van der Waals surface area contributed by atoms with E-state index in [-0.39, 0.29) is 11.3 Å². The molecule has 0 saturated carbocycles. The van der Waals surface area contributed by atoms with Gasteiger partial charge < -0.3 is 14.2 Å². The second-order valence-electron chi connectivity index (χ2n) is 5.00. The number of nitrogens with zero attached hydrogens (tertiary/aromatic N) is 2. The Kier molecular flexibility index (Phi) is 3.92. The van der Waals surface area contributed by atoms with Crippen molar-refractivity contribution < 1.29 is 9.53 Å². The molecule has 1 saturated heterocycles. The van der Waals surface area contributed by atoms with Crippen LogP contribution in [0.3, 0.4) is 0 Å². The number of amides is 1. The maximum Gasteiger partial charge on any atom is 0.255 e. The second-order valence-corrected chi connectivity index (χ2v) is 6.19. The molecule has 1 aliphatic heterocycles. The van der Waals surface area contributed by atoms with Gasteiger partial charge in [0.1, 0.15) is 11.1 Å². The molecular weight excluding hydrogens is 284 g/mol. The number of hydrogen-bond donors (Lipinski definition) is 0. The Morgan fingerprint density at radius 2 is 2.19 bits per heavy atom. The highest BCUT2D eigenvalue weighted by Crippen LogP contribution is 2.38. The van der Waals surface area contributed by atoms with Gasteiger partial charge in [0.25, 0.3) is 5.91 Å². The molecule has 1 atom stereocenters. The summed E-state index contributed by atoms with van der Waals surface area (Å²) in [6.45, 7) is 0.774. The minimum absolute atomic E-state index is 0.0603. The van der Waals surface area contributed by atoms with Gasteiger partial charge >= 0.3 is 0 Å². The summed E-state index contributed by atoms with van der Waals surface area (Å²) in [6.07, 6.45) is 2.02. The fourth-order valence-electron chi connectivity index (χ4n) is 2.58. The van der Waals surface area contributed by atoms with Crippen LogP contribution in [0.1, 0.15) is 21.4 Å². The van der Waals surface area contributed by atoms with Gasteiger partial charge in [-0.2, -0.15) is 0 Å². The van der Waals surface area contributed by atoms with Crippen molar-refractivity contribution in [2.24, 2.45) is 7.05 Å². The molecule has 3 rings (SSSR count). The summed E-state index contributed by atoms with van der Waals surface area (Å²) in [6, 6.07) is 11.4. The molecule has 4 nitrogen and oxygen atoms in total. The molecule has 0 aliphatic carbocycles. The van der Waals surface area contributed by atoms with E-state index in [0.717, 1.165) is 18.0 Å². The van der Waals surface area contributed by atoms with Gasteiger partial charge in [0, 0.05) is 31.1 Å². The molecule has 1 unspecified atom stereocenters. The lowest BCUT2D eigenvalue weighted by Crippen LogP contribution is -2.31. The first kappa shape index (κ1) is 14.1. The van der Waals surface area contributed by atoms with Gasteiger partial charge in [0.15, 0.2) is 0 Å². The van der Waals surface area contributed by atoms with E-state index in [1.54, 1.807) is 13.2 Å². The van der Waals surface area contributed by atoms with Crippen molar-refractivity contribution in [2.75, 3.05) is 19.4 Å². The molecule has 2 heterocycles. The van der Waals surface area contributed by atoms with Crippen LogP contribution in [0, 0.1) is 0 Å². The molecule has 0 spiro atoms. The Balaban J connectivity index is 1.88. The average molecular weight is 302 g/mol. The first-order valence-corrected chi connectivity index (χ1v) is 7.93. The normalized spacial score (nSPS) is 18.0.